The van der Waals surface area contributed by atoms with Crippen LogP contribution in [0.4, 0.5) is 0 Å². The minimum Gasteiger partial charge on any atom is -0.350 e. The van der Waals surface area contributed by atoms with Gasteiger partial charge in [0.05, 0.1) is 6.04 Å². The summed E-state index contributed by atoms with van der Waals surface area (Å²) < 4.78 is 0. The topological polar surface area (TPSA) is 88.3 Å². The molecule has 0 bridgehead atoms. The van der Waals surface area contributed by atoms with E-state index in [0.717, 1.165) is 12.8 Å². The van der Waals surface area contributed by atoms with Crippen molar-refractivity contribution in [3.63, 3.8) is 0 Å². The van der Waals surface area contributed by atoms with Gasteiger partial charge in [0.2, 0.25) is 5.91 Å². The molecule has 3 N–H and O–H groups in total. The molecule has 1 saturated heterocycles. The zero-order chi connectivity index (χ0) is 15.2. The van der Waals surface area contributed by atoms with Gasteiger partial charge >= 0.3 is 0 Å². The van der Waals surface area contributed by atoms with Crippen molar-refractivity contribution in [2.75, 3.05) is 19.6 Å². The Morgan fingerprint density at radius 3 is 2.71 bits per heavy atom. The maximum Gasteiger partial charge on any atom is 0.269 e. The van der Waals surface area contributed by atoms with E-state index in [1.54, 1.807) is 31.3 Å². The molecule has 1 aromatic heterocycles. The third-order valence-electron chi connectivity index (χ3n) is 3.76. The summed E-state index contributed by atoms with van der Waals surface area (Å²) in [6.45, 7) is 3.76. The first-order chi connectivity index (χ1) is 10.1. The number of likely N-dealkylation sites (tertiary alicyclic amines) is 1. The molecule has 2 rings (SSSR count). The SMILES string of the molecule is C[C@@H](N)C(=O)N1CCC(CNC(=O)c2ccccn2)CC1. The highest BCUT2D eigenvalue weighted by Gasteiger charge is 2.24. The van der Waals surface area contributed by atoms with Gasteiger partial charge in [0.25, 0.3) is 5.91 Å². The zero-order valence-electron chi connectivity index (χ0n) is 12.3. The van der Waals surface area contributed by atoms with E-state index in [9.17, 15) is 9.59 Å². The summed E-state index contributed by atoms with van der Waals surface area (Å²) in [6.07, 6.45) is 3.38. The number of rotatable bonds is 4. The van der Waals surface area contributed by atoms with E-state index in [1.807, 2.05) is 4.90 Å². The maximum atomic E-state index is 11.9. The summed E-state index contributed by atoms with van der Waals surface area (Å²) in [5.74, 6) is 0.255. The number of hydrogen-bond acceptors (Lipinski definition) is 4. The number of hydrogen-bond donors (Lipinski definition) is 2. The fourth-order valence-corrected chi connectivity index (χ4v) is 2.47. The van der Waals surface area contributed by atoms with Gasteiger partial charge in [-0.05, 0) is 37.8 Å². The maximum absolute atomic E-state index is 11.9. The third kappa shape index (κ3) is 4.26. The van der Waals surface area contributed by atoms with Gasteiger partial charge in [0.1, 0.15) is 5.69 Å². The van der Waals surface area contributed by atoms with Crippen LogP contribution in [0.15, 0.2) is 24.4 Å². The van der Waals surface area contributed by atoms with Crippen molar-refractivity contribution in [1.82, 2.24) is 15.2 Å². The molecule has 0 spiro atoms. The van der Waals surface area contributed by atoms with Crippen LogP contribution in [0.2, 0.25) is 0 Å². The largest absolute Gasteiger partial charge is 0.350 e. The number of pyridine rings is 1. The summed E-state index contributed by atoms with van der Waals surface area (Å²) in [6, 6.07) is 4.83. The van der Waals surface area contributed by atoms with Gasteiger partial charge < -0.3 is 16.0 Å². The van der Waals surface area contributed by atoms with E-state index in [2.05, 4.69) is 10.3 Å². The summed E-state index contributed by atoms with van der Waals surface area (Å²) in [4.78, 5) is 29.5. The van der Waals surface area contributed by atoms with Crippen molar-refractivity contribution in [1.29, 1.82) is 0 Å². The molecule has 0 saturated carbocycles. The fraction of sp³-hybridized carbons (Fsp3) is 0.533. The third-order valence-corrected chi connectivity index (χ3v) is 3.76. The van der Waals surface area contributed by atoms with Gasteiger partial charge in [-0.25, -0.2) is 0 Å². The van der Waals surface area contributed by atoms with Crippen LogP contribution in [0.5, 0.6) is 0 Å². The van der Waals surface area contributed by atoms with Gasteiger partial charge in [0.15, 0.2) is 0 Å². The van der Waals surface area contributed by atoms with Crippen LogP contribution >= 0.6 is 0 Å². The van der Waals surface area contributed by atoms with Crippen LogP contribution in [0.3, 0.4) is 0 Å². The molecule has 1 aliphatic rings. The summed E-state index contributed by atoms with van der Waals surface area (Å²) in [5.41, 5.74) is 6.04. The standard InChI is InChI=1S/C15H22N4O2/c1-11(16)15(21)19-8-5-12(6-9-19)10-18-14(20)13-4-2-3-7-17-13/h2-4,7,11-12H,5-6,8-10,16H2,1H3,(H,18,20)/t11-/m1/s1. The molecule has 1 aromatic rings. The molecule has 0 aromatic carbocycles. The van der Waals surface area contributed by atoms with Gasteiger partial charge in [-0.2, -0.15) is 0 Å². The highest BCUT2D eigenvalue weighted by molar-refractivity contribution is 5.92. The highest BCUT2D eigenvalue weighted by Crippen LogP contribution is 2.17. The molecule has 0 radical (unpaired) electrons. The molecule has 2 amide bonds. The lowest BCUT2D eigenvalue weighted by atomic mass is 9.96. The molecule has 21 heavy (non-hydrogen) atoms. The molecule has 1 atom stereocenters. The number of nitrogens with one attached hydrogen (secondary N) is 1. The number of amides is 2. The van der Waals surface area contributed by atoms with E-state index in [1.165, 1.54) is 0 Å². The zero-order valence-corrected chi connectivity index (χ0v) is 12.3. The van der Waals surface area contributed by atoms with E-state index < -0.39 is 6.04 Å². The lowest BCUT2D eigenvalue weighted by Gasteiger charge is -2.33. The normalized spacial score (nSPS) is 17.3. The number of aromatic nitrogens is 1. The van der Waals surface area contributed by atoms with Gasteiger partial charge in [-0.15, -0.1) is 0 Å². The smallest absolute Gasteiger partial charge is 0.269 e. The Morgan fingerprint density at radius 1 is 1.43 bits per heavy atom. The van der Waals surface area contributed by atoms with Gasteiger partial charge in [0, 0.05) is 25.8 Å². The molecular formula is C15H22N4O2. The van der Waals surface area contributed by atoms with Crippen LogP contribution in [0.25, 0.3) is 0 Å². The number of carbonyl (C=O) groups is 2. The Labute approximate surface area is 124 Å². The van der Waals surface area contributed by atoms with Gasteiger partial charge in [-0.1, -0.05) is 6.07 Å². The van der Waals surface area contributed by atoms with Crippen LogP contribution in [-0.2, 0) is 4.79 Å². The fourth-order valence-electron chi connectivity index (χ4n) is 2.47. The highest BCUT2D eigenvalue weighted by atomic mass is 16.2. The van der Waals surface area contributed by atoms with Crippen molar-refractivity contribution in [3.05, 3.63) is 30.1 Å². The molecule has 0 unspecified atom stereocenters. The summed E-state index contributed by atoms with van der Waals surface area (Å²) >= 11 is 0. The van der Waals surface area contributed by atoms with Crippen molar-refractivity contribution >= 4 is 11.8 Å². The first kappa shape index (κ1) is 15.4. The number of nitrogens with two attached hydrogens (primary N) is 1. The predicted octanol–water partition coefficient (Wildman–Crippen LogP) is 0.397. The van der Waals surface area contributed by atoms with Crippen LogP contribution in [0.1, 0.15) is 30.3 Å². The number of piperidine rings is 1. The average Bonchev–Trinajstić information content (AvgIpc) is 2.53. The van der Waals surface area contributed by atoms with Crippen LogP contribution in [-0.4, -0.2) is 47.4 Å². The second kappa shape index (κ2) is 7.17. The number of nitrogens with zero attached hydrogens (tertiary/aromatic N) is 2. The molecular weight excluding hydrogens is 268 g/mol. The summed E-state index contributed by atoms with van der Waals surface area (Å²) in [5, 5.41) is 2.91. The quantitative estimate of drug-likeness (QED) is 0.840. The molecule has 1 aliphatic heterocycles. The van der Waals surface area contributed by atoms with E-state index in [4.69, 9.17) is 5.73 Å². The summed E-state index contributed by atoms with van der Waals surface area (Å²) in [7, 11) is 0. The van der Waals surface area contributed by atoms with Gasteiger partial charge in [-0.3, -0.25) is 14.6 Å². The van der Waals surface area contributed by atoms with Crippen LogP contribution in [0, 0.1) is 5.92 Å². The lowest BCUT2D eigenvalue weighted by Crippen LogP contribution is -2.47. The molecule has 6 heteroatoms. The molecule has 1 fully saturated rings. The Kier molecular flexibility index (Phi) is 5.27. The van der Waals surface area contributed by atoms with Crippen molar-refractivity contribution in [2.45, 2.75) is 25.8 Å². The first-order valence-corrected chi connectivity index (χ1v) is 7.31. The second-order valence-corrected chi connectivity index (χ2v) is 5.48. The van der Waals surface area contributed by atoms with Crippen molar-refractivity contribution in [3.8, 4) is 0 Å². The first-order valence-electron chi connectivity index (χ1n) is 7.31. The molecule has 2 heterocycles. The number of carbonyl (C=O) groups excluding carboxylic acids is 2. The lowest BCUT2D eigenvalue weighted by molar-refractivity contribution is -0.133. The second-order valence-electron chi connectivity index (χ2n) is 5.48. The Balaban J connectivity index is 1.74. The Hall–Kier alpha value is -1.95. The minimum absolute atomic E-state index is 0.00553. The average molecular weight is 290 g/mol. The van der Waals surface area contributed by atoms with E-state index >= 15 is 0 Å². The molecule has 6 nitrogen and oxygen atoms in total. The van der Waals surface area contributed by atoms with E-state index in [-0.39, 0.29) is 11.8 Å². The monoisotopic (exact) mass is 290 g/mol. The predicted molar refractivity (Wildman–Crippen MR) is 79.5 cm³/mol. The minimum atomic E-state index is -0.439. The van der Waals surface area contributed by atoms with E-state index in [0.29, 0.717) is 31.2 Å². The Morgan fingerprint density at radius 2 is 2.14 bits per heavy atom. The van der Waals surface area contributed by atoms with Crippen molar-refractivity contribution in [2.24, 2.45) is 11.7 Å². The molecule has 114 valence electrons. The Bertz CT molecular complexity index is 482. The van der Waals surface area contributed by atoms with Crippen molar-refractivity contribution < 1.29 is 9.59 Å². The van der Waals surface area contributed by atoms with Crippen LogP contribution < -0.4 is 11.1 Å². The molecule has 0 aliphatic carbocycles.